The Kier molecular flexibility index (Phi) is 3.97. The van der Waals surface area contributed by atoms with Gasteiger partial charge in [0, 0.05) is 24.0 Å². The number of H-pyrrole nitrogens is 1. The molecule has 0 atom stereocenters. The predicted octanol–water partition coefficient (Wildman–Crippen LogP) is 1.36. The zero-order chi connectivity index (χ0) is 14.7. The Morgan fingerprint density at radius 1 is 1.50 bits per heavy atom. The molecule has 2 aromatic heterocycles. The number of rotatable bonds is 4. The normalized spacial score (nSPS) is 10.8. The van der Waals surface area contributed by atoms with Gasteiger partial charge in [-0.2, -0.15) is 5.10 Å². The smallest absolute Gasteiger partial charge is 0.276 e. The maximum Gasteiger partial charge on any atom is 0.276 e. The number of aromatic amines is 1. The number of nitrogens with one attached hydrogen (secondary N) is 2. The average Bonchev–Trinajstić information content (AvgIpc) is 2.87. The Balaban J connectivity index is 2.25. The minimum absolute atomic E-state index is 0.0692. The monoisotopic (exact) mass is 275 g/mol. The first-order valence-corrected chi connectivity index (χ1v) is 6.46. The molecule has 2 rings (SSSR count). The van der Waals surface area contributed by atoms with E-state index < -0.39 is 0 Å². The summed E-state index contributed by atoms with van der Waals surface area (Å²) >= 11 is 0. The van der Waals surface area contributed by atoms with E-state index in [2.05, 4.69) is 20.4 Å². The molecular weight excluding hydrogens is 258 g/mol. The predicted molar refractivity (Wildman–Crippen MR) is 74.8 cm³/mol. The highest BCUT2D eigenvalue weighted by Crippen LogP contribution is 2.09. The Hall–Kier alpha value is -2.44. The van der Waals surface area contributed by atoms with Gasteiger partial charge in [0.05, 0.1) is 0 Å². The standard InChI is InChI=1S/C13H17N5O2/c1-4-9-7-11(19)16-13(15-9)17-12(20)10-5-6-14-18(10)8(2)3/h5-8H,4H2,1-3H3,(H2,15,16,17,19,20). The lowest BCUT2D eigenvalue weighted by molar-refractivity contribution is 0.101. The maximum absolute atomic E-state index is 12.2. The number of aromatic nitrogens is 4. The van der Waals surface area contributed by atoms with Crippen LogP contribution in [0.5, 0.6) is 0 Å². The minimum atomic E-state index is -0.354. The lowest BCUT2D eigenvalue weighted by atomic mass is 10.3. The molecule has 0 radical (unpaired) electrons. The molecule has 0 saturated carbocycles. The van der Waals surface area contributed by atoms with Gasteiger partial charge in [-0.3, -0.25) is 24.6 Å². The van der Waals surface area contributed by atoms with Crippen LogP contribution in [-0.2, 0) is 6.42 Å². The van der Waals surface area contributed by atoms with E-state index in [4.69, 9.17) is 0 Å². The summed E-state index contributed by atoms with van der Waals surface area (Å²) < 4.78 is 1.61. The van der Waals surface area contributed by atoms with Gasteiger partial charge in [-0.25, -0.2) is 4.98 Å². The highest BCUT2D eigenvalue weighted by Gasteiger charge is 2.15. The SMILES string of the molecule is CCc1cc(=O)[nH]c(NC(=O)c2ccnn2C(C)C)n1. The fourth-order valence-electron chi connectivity index (χ4n) is 1.83. The molecule has 106 valence electrons. The lowest BCUT2D eigenvalue weighted by Crippen LogP contribution is -2.22. The minimum Gasteiger partial charge on any atom is -0.292 e. The topological polar surface area (TPSA) is 92.7 Å². The number of aryl methyl sites for hydroxylation is 1. The summed E-state index contributed by atoms with van der Waals surface area (Å²) in [5.74, 6) is -0.205. The number of hydrogen-bond donors (Lipinski definition) is 2. The first-order chi connectivity index (χ1) is 9.51. The van der Waals surface area contributed by atoms with E-state index in [0.717, 1.165) is 0 Å². The van der Waals surface area contributed by atoms with E-state index in [9.17, 15) is 9.59 Å². The summed E-state index contributed by atoms with van der Waals surface area (Å²) in [4.78, 5) is 30.3. The van der Waals surface area contributed by atoms with E-state index in [1.165, 1.54) is 6.07 Å². The van der Waals surface area contributed by atoms with Crippen molar-refractivity contribution in [3.8, 4) is 0 Å². The first-order valence-electron chi connectivity index (χ1n) is 6.46. The first kappa shape index (κ1) is 14.0. The molecule has 0 bridgehead atoms. The zero-order valence-electron chi connectivity index (χ0n) is 11.7. The van der Waals surface area contributed by atoms with Crippen LogP contribution in [0.4, 0.5) is 5.95 Å². The van der Waals surface area contributed by atoms with Crippen molar-refractivity contribution in [2.24, 2.45) is 0 Å². The molecule has 2 heterocycles. The second-order valence-electron chi connectivity index (χ2n) is 4.65. The van der Waals surface area contributed by atoms with Gasteiger partial charge >= 0.3 is 0 Å². The highest BCUT2D eigenvalue weighted by molar-refractivity contribution is 6.02. The van der Waals surface area contributed by atoms with Crippen LogP contribution < -0.4 is 10.9 Å². The largest absolute Gasteiger partial charge is 0.292 e. The van der Waals surface area contributed by atoms with Gasteiger partial charge in [0.25, 0.3) is 11.5 Å². The van der Waals surface area contributed by atoms with Crippen molar-refractivity contribution in [1.29, 1.82) is 0 Å². The Morgan fingerprint density at radius 3 is 2.90 bits per heavy atom. The molecule has 0 aromatic carbocycles. The van der Waals surface area contributed by atoms with Crippen molar-refractivity contribution in [2.75, 3.05) is 5.32 Å². The lowest BCUT2D eigenvalue weighted by Gasteiger charge is -2.10. The maximum atomic E-state index is 12.2. The quantitative estimate of drug-likeness (QED) is 0.881. The fourth-order valence-corrected chi connectivity index (χ4v) is 1.83. The second kappa shape index (κ2) is 5.68. The molecule has 7 nitrogen and oxygen atoms in total. The van der Waals surface area contributed by atoms with Gasteiger partial charge in [-0.15, -0.1) is 0 Å². The van der Waals surface area contributed by atoms with Crippen LogP contribution in [0.3, 0.4) is 0 Å². The molecule has 1 amide bonds. The third-order valence-corrected chi connectivity index (χ3v) is 2.78. The number of amides is 1. The Bertz CT molecular complexity index is 671. The molecule has 0 fully saturated rings. The molecule has 2 aromatic rings. The van der Waals surface area contributed by atoms with Gasteiger partial charge in [0.2, 0.25) is 5.95 Å². The van der Waals surface area contributed by atoms with Gasteiger partial charge < -0.3 is 0 Å². The molecular formula is C13H17N5O2. The number of carbonyl (C=O) groups excluding carboxylic acids is 1. The molecule has 0 unspecified atom stereocenters. The summed E-state index contributed by atoms with van der Waals surface area (Å²) in [5, 5.41) is 6.68. The van der Waals surface area contributed by atoms with Crippen molar-refractivity contribution in [1.82, 2.24) is 19.7 Å². The highest BCUT2D eigenvalue weighted by atomic mass is 16.2. The third kappa shape index (κ3) is 2.93. The van der Waals surface area contributed by atoms with Crippen LogP contribution in [0.25, 0.3) is 0 Å². The van der Waals surface area contributed by atoms with Crippen LogP contribution in [0.15, 0.2) is 23.1 Å². The number of carbonyl (C=O) groups is 1. The van der Waals surface area contributed by atoms with Crippen molar-refractivity contribution in [3.63, 3.8) is 0 Å². The summed E-state index contributed by atoms with van der Waals surface area (Å²) in [6.07, 6.45) is 2.18. The summed E-state index contributed by atoms with van der Waals surface area (Å²) in [7, 11) is 0. The Morgan fingerprint density at radius 2 is 2.25 bits per heavy atom. The second-order valence-corrected chi connectivity index (χ2v) is 4.65. The van der Waals surface area contributed by atoms with E-state index in [1.807, 2.05) is 20.8 Å². The third-order valence-electron chi connectivity index (χ3n) is 2.78. The number of nitrogens with zero attached hydrogens (tertiary/aromatic N) is 3. The summed E-state index contributed by atoms with van der Waals surface area (Å²) in [5.41, 5.74) is 0.760. The number of hydrogen-bond acceptors (Lipinski definition) is 4. The fraction of sp³-hybridized carbons (Fsp3) is 0.385. The van der Waals surface area contributed by atoms with Crippen molar-refractivity contribution >= 4 is 11.9 Å². The van der Waals surface area contributed by atoms with Gasteiger partial charge in [0.15, 0.2) is 0 Å². The molecule has 0 aliphatic rings. The van der Waals surface area contributed by atoms with Crippen LogP contribution in [0, 0.1) is 0 Å². The van der Waals surface area contributed by atoms with Gasteiger partial charge in [0.1, 0.15) is 5.69 Å². The summed E-state index contributed by atoms with van der Waals surface area (Å²) in [6, 6.07) is 3.10. The molecule has 0 saturated heterocycles. The van der Waals surface area contributed by atoms with Crippen LogP contribution in [0.2, 0.25) is 0 Å². The molecule has 0 aliphatic heterocycles. The molecule has 20 heavy (non-hydrogen) atoms. The Labute approximate surface area is 116 Å². The van der Waals surface area contributed by atoms with Gasteiger partial charge in [-0.1, -0.05) is 6.92 Å². The van der Waals surface area contributed by atoms with E-state index in [0.29, 0.717) is 17.8 Å². The average molecular weight is 275 g/mol. The molecule has 0 aliphatic carbocycles. The van der Waals surface area contributed by atoms with Crippen LogP contribution in [-0.4, -0.2) is 25.7 Å². The zero-order valence-corrected chi connectivity index (χ0v) is 11.7. The molecule has 0 spiro atoms. The van der Waals surface area contributed by atoms with Crippen LogP contribution in [0.1, 0.15) is 43.0 Å². The summed E-state index contributed by atoms with van der Waals surface area (Å²) in [6.45, 7) is 5.75. The molecule has 2 N–H and O–H groups in total. The number of anilines is 1. The van der Waals surface area contributed by atoms with Gasteiger partial charge in [-0.05, 0) is 26.3 Å². The van der Waals surface area contributed by atoms with Crippen molar-refractivity contribution in [3.05, 3.63) is 40.1 Å². The van der Waals surface area contributed by atoms with E-state index >= 15 is 0 Å². The molecule has 7 heteroatoms. The van der Waals surface area contributed by atoms with E-state index in [-0.39, 0.29) is 23.5 Å². The van der Waals surface area contributed by atoms with Crippen molar-refractivity contribution < 1.29 is 4.79 Å². The van der Waals surface area contributed by atoms with E-state index in [1.54, 1.807) is 16.9 Å². The van der Waals surface area contributed by atoms with Crippen LogP contribution >= 0.6 is 0 Å². The van der Waals surface area contributed by atoms with Crippen molar-refractivity contribution in [2.45, 2.75) is 33.2 Å².